The van der Waals surface area contributed by atoms with Crippen LogP contribution >= 0.6 is 0 Å². The van der Waals surface area contributed by atoms with Crippen LogP contribution < -0.4 is 5.32 Å². The van der Waals surface area contributed by atoms with Gasteiger partial charge in [-0.1, -0.05) is 0 Å². The summed E-state index contributed by atoms with van der Waals surface area (Å²) in [4.78, 5) is 16.5. The van der Waals surface area contributed by atoms with Crippen molar-refractivity contribution in [3.8, 4) is 11.3 Å². The van der Waals surface area contributed by atoms with E-state index in [-0.39, 0.29) is 5.82 Å². The molecule has 2 aromatic heterocycles. The Morgan fingerprint density at radius 3 is 2.59 bits per heavy atom. The molecular formula is C18H15F4N3O2. The van der Waals surface area contributed by atoms with Gasteiger partial charge in [-0.3, -0.25) is 9.20 Å². The lowest BCUT2D eigenvalue weighted by molar-refractivity contribution is -0.174. The molecular weight excluding hydrogens is 366 g/mol. The van der Waals surface area contributed by atoms with Crippen molar-refractivity contribution in [2.24, 2.45) is 0 Å². The summed E-state index contributed by atoms with van der Waals surface area (Å²) < 4.78 is 55.6. The number of pyridine rings is 1. The van der Waals surface area contributed by atoms with Crippen LogP contribution in [0.1, 0.15) is 5.56 Å². The number of rotatable bonds is 5. The summed E-state index contributed by atoms with van der Waals surface area (Å²) in [6.07, 6.45) is -2.84. The Kier molecular flexibility index (Phi) is 5.13. The Bertz CT molecular complexity index is 965. The number of ether oxygens (including phenoxy) is 1. The number of benzene rings is 1. The van der Waals surface area contributed by atoms with E-state index >= 15 is 0 Å². The molecule has 0 fully saturated rings. The van der Waals surface area contributed by atoms with Crippen LogP contribution in [-0.4, -0.2) is 34.7 Å². The average molecular weight is 381 g/mol. The van der Waals surface area contributed by atoms with Crippen LogP contribution in [0.2, 0.25) is 0 Å². The van der Waals surface area contributed by atoms with Crippen LogP contribution in [0.3, 0.4) is 0 Å². The molecule has 0 bridgehead atoms. The van der Waals surface area contributed by atoms with Crippen molar-refractivity contribution < 1.29 is 27.1 Å². The minimum atomic E-state index is -4.51. The third-order valence-corrected chi connectivity index (χ3v) is 3.66. The summed E-state index contributed by atoms with van der Waals surface area (Å²) >= 11 is 0. The zero-order chi connectivity index (χ0) is 19.6. The number of nitrogens with zero attached hydrogens (tertiary/aromatic N) is 2. The van der Waals surface area contributed by atoms with E-state index in [0.29, 0.717) is 16.9 Å². The summed E-state index contributed by atoms with van der Waals surface area (Å²) in [5.41, 5.74) is 2.37. The van der Waals surface area contributed by atoms with Crippen LogP contribution in [0.25, 0.3) is 16.9 Å². The van der Waals surface area contributed by atoms with E-state index in [4.69, 9.17) is 0 Å². The van der Waals surface area contributed by atoms with Gasteiger partial charge in [0.2, 0.25) is 0 Å². The molecule has 142 valence electrons. The van der Waals surface area contributed by atoms with Crippen LogP contribution in [0.5, 0.6) is 0 Å². The number of hydrogen-bond acceptors (Lipinski definition) is 3. The Morgan fingerprint density at radius 2 is 1.93 bits per heavy atom. The summed E-state index contributed by atoms with van der Waals surface area (Å²) in [6.45, 7) is -0.408. The summed E-state index contributed by atoms with van der Waals surface area (Å²) in [5, 5.41) is 2.53. The molecule has 1 amide bonds. The lowest BCUT2D eigenvalue weighted by Gasteiger charge is -2.10. The molecule has 9 heteroatoms. The number of aryl methyl sites for hydroxylation is 1. The first-order chi connectivity index (χ1) is 12.7. The molecule has 2 heterocycles. The number of hydrogen-bond donors (Lipinski definition) is 1. The smallest absolute Gasteiger partial charge is 0.362 e. The van der Waals surface area contributed by atoms with Crippen molar-refractivity contribution >= 4 is 17.4 Å². The van der Waals surface area contributed by atoms with Crippen molar-refractivity contribution in [1.29, 1.82) is 0 Å². The lowest BCUT2D eigenvalue weighted by Crippen LogP contribution is -2.24. The van der Waals surface area contributed by atoms with Gasteiger partial charge in [0, 0.05) is 11.8 Å². The Morgan fingerprint density at radius 1 is 1.22 bits per heavy atom. The lowest BCUT2D eigenvalue weighted by atomic mass is 10.1. The molecule has 1 N–H and O–H groups in total. The number of imidazole rings is 1. The monoisotopic (exact) mass is 381 g/mol. The van der Waals surface area contributed by atoms with E-state index in [0.717, 1.165) is 5.56 Å². The highest BCUT2D eigenvalue weighted by Gasteiger charge is 2.28. The van der Waals surface area contributed by atoms with E-state index in [9.17, 15) is 22.4 Å². The molecule has 0 saturated heterocycles. The number of aromatic nitrogens is 2. The van der Waals surface area contributed by atoms with Crippen molar-refractivity contribution in [3.63, 3.8) is 0 Å². The highest BCUT2D eigenvalue weighted by molar-refractivity contribution is 5.95. The highest BCUT2D eigenvalue weighted by Crippen LogP contribution is 2.29. The standard InChI is InChI=1S/C18H15F4N3O2/c1-11-6-7-25-14(8-11)23-16(12-2-4-13(19)5-3-12)17(25)24-15(26)9-27-10-18(20,21)22/h2-8H,9-10H2,1H3,(H,24,26). The van der Waals surface area contributed by atoms with Crippen LogP contribution in [0, 0.1) is 12.7 Å². The fourth-order valence-corrected chi connectivity index (χ4v) is 2.50. The van der Waals surface area contributed by atoms with Gasteiger partial charge < -0.3 is 10.1 Å². The number of nitrogens with one attached hydrogen (secondary N) is 1. The van der Waals surface area contributed by atoms with Gasteiger partial charge in [0.15, 0.2) is 0 Å². The Balaban J connectivity index is 1.91. The number of anilines is 1. The van der Waals surface area contributed by atoms with Gasteiger partial charge in [0.05, 0.1) is 0 Å². The fraction of sp³-hybridized carbons (Fsp3) is 0.222. The molecule has 0 radical (unpaired) electrons. The molecule has 3 aromatic rings. The van der Waals surface area contributed by atoms with Gasteiger partial charge >= 0.3 is 6.18 Å². The molecule has 0 atom stereocenters. The van der Waals surface area contributed by atoms with Crippen LogP contribution in [-0.2, 0) is 9.53 Å². The first-order valence-corrected chi connectivity index (χ1v) is 7.92. The number of carbonyl (C=O) groups excluding carboxylic acids is 1. The SMILES string of the molecule is Cc1ccn2c(NC(=O)COCC(F)(F)F)c(-c3ccc(F)cc3)nc2c1. The molecule has 3 rings (SSSR count). The molecule has 0 aliphatic heterocycles. The second-order valence-corrected chi connectivity index (χ2v) is 5.90. The second kappa shape index (κ2) is 7.36. The Labute approximate surface area is 151 Å². The maximum atomic E-state index is 13.2. The van der Waals surface area contributed by atoms with Crippen molar-refractivity contribution in [2.75, 3.05) is 18.5 Å². The first kappa shape index (κ1) is 18.8. The van der Waals surface area contributed by atoms with E-state index in [1.54, 1.807) is 22.7 Å². The number of alkyl halides is 3. The number of carbonyl (C=O) groups is 1. The van der Waals surface area contributed by atoms with Gasteiger partial charge in [-0.2, -0.15) is 13.2 Å². The summed E-state index contributed by atoms with van der Waals surface area (Å²) in [5.74, 6) is -0.924. The first-order valence-electron chi connectivity index (χ1n) is 7.92. The minimum Gasteiger partial charge on any atom is -0.362 e. The van der Waals surface area contributed by atoms with Crippen molar-refractivity contribution in [1.82, 2.24) is 9.38 Å². The topological polar surface area (TPSA) is 55.6 Å². The van der Waals surface area contributed by atoms with Gasteiger partial charge in [0.1, 0.15) is 36.2 Å². The van der Waals surface area contributed by atoms with Gasteiger partial charge in [-0.25, -0.2) is 9.37 Å². The summed E-state index contributed by atoms with van der Waals surface area (Å²) in [7, 11) is 0. The van der Waals surface area contributed by atoms with E-state index in [1.165, 1.54) is 24.3 Å². The van der Waals surface area contributed by atoms with E-state index < -0.39 is 31.1 Å². The number of amides is 1. The second-order valence-electron chi connectivity index (χ2n) is 5.90. The predicted octanol–water partition coefficient (Wildman–Crippen LogP) is 3.97. The minimum absolute atomic E-state index is 0.261. The summed E-state index contributed by atoms with van der Waals surface area (Å²) in [6, 6.07) is 9.08. The van der Waals surface area contributed by atoms with Gasteiger partial charge in [-0.05, 0) is 48.9 Å². The van der Waals surface area contributed by atoms with E-state index in [1.807, 2.05) is 6.92 Å². The molecule has 0 saturated carbocycles. The molecule has 5 nitrogen and oxygen atoms in total. The largest absolute Gasteiger partial charge is 0.411 e. The van der Waals surface area contributed by atoms with Crippen LogP contribution in [0.4, 0.5) is 23.4 Å². The average Bonchev–Trinajstić information content (AvgIpc) is 2.92. The molecule has 27 heavy (non-hydrogen) atoms. The van der Waals surface area contributed by atoms with Gasteiger partial charge in [0.25, 0.3) is 5.91 Å². The zero-order valence-electron chi connectivity index (χ0n) is 14.2. The quantitative estimate of drug-likeness (QED) is 0.681. The zero-order valence-corrected chi connectivity index (χ0v) is 14.2. The fourth-order valence-electron chi connectivity index (χ4n) is 2.50. The van der Waals surface area contributed by atoms with Crippen LogP contribution in [0.15, 0.2) is 42.6 Å². The predicted molar refractivity (Wildman–Crippen MR) is 90.8 cm³/mol. The number of fused-ring (bicyclic) bond motifs is 1. The van der Waals surface area contributed by atoms with E-state index in [2.05, 4.69) is 15.0 Å². The third kappa shape index (κ3) is 4.62. The highest BCUT2D eigenvalue weighted by atomic mass is 19.4. The molecule has 0 unspecified atom stereocenters. The normalized spacial score (nSPS) is 11.7. The molecule has 1 aromatic carbocycles. The van der Waals surface area contributed by atoms with Crippen molar-refractivity contribution in [3.05, 3.63) is 54.0 Å². The molecule has 0 aliphatic carbocycles. The maximum Gasteiger partial charge on any atom is 0.411 e. The Hall–Kier alpha value is -2.94. The third-order valence-electron chi connectivity index (χ3n) is 3.66. The molecule has 0 aliphatic rings. The number of halogens is 4. The molecule has 0 spiro atoms. The maximum absolute atomic E-state index is 13.2. The van der Waals surface area contributed by atoms with Gasteiger partial charge in [-0.15, -0.1) is 0 Å². The van der Waals surface area contributed by atoms with Crippen molar-refractivity contribution in [2.45, 2.75) is 13.1 Å².